The Morgan fingerprint density at radius 1 is 1.75 bits per heavy atom. The lowest BCUT2D eigenvalue weighted by molar-refractivity contribution is 0.120. The molecule has 3 unspecified atom stereocenters. The quantitative estimate of drug-likeness (QED) is 0.625. The molecule has 0 bridgehead atoms. The molecular formula is C11H18O. The van der Waals surface area contributed by atoms with Gasteiger partial charge in [-0.05, 0) is 31.6 Å². The minimum Gasteiger partial charge on any atom is -0.389 e. The van der Waals surface area contributed by atoms with Crippen molar-refractivity contribution < 1.29 is 5.11 Å². The average Bonchev–Trinajstić information content (AvgIpc) is 2.03. The van der Waals surface area contributed by atoms with Crippen molar-refractivity contribution in [1.29, 1.82) is 0 Å². The molecule has 1 aliphatic carbocycles. The number of hydrogen-bond donors (Lipinski definition) is 1. The largest absolute Gasteiger partial charge is 0.389 e. The van der Waals surface area contributed by atoms with Gasteiger partial charge in [0.2, 0.25) is 0 Å². The summed E-state index contributed by atoms with van der Waals surface area (Å²) < 4.78 is 0. The lowest BCUT2D eigenvalue weighted by Crippen LogP contribution is -2.26. The molecular weight excluding hydrogens is 148 g/mol. The summed E-state index contributed by atoms with van der Waals surface area (Å²) in [6, 6.07) is 0. The van der Waals surface area contributed by atoms with Crippen molar-refractivity contribution in [3.05, 3.63) is 24.3 Å². The minimum absolute atomic E-state index is 0.329. The third-order valence-electron chi connectivity index (χ3n) is 2.77. The molecule has 0 aromatic carbocycles. The second-order valence-electron chi connectivity index (χ2n) is 3.80. The highest BCUT2D eigenvalue weighted by atomic mass is 16.3. The van der Waals surface area contributed by atoms with Crippen LogP contribution in [-0.4, -0.2) is 11.2 Å². The van der Waals surface area contributed by atoms with Gasteiger partial charge >= 0.3 is 0 Å². The zero-order chi connectivity index (χ0) is 9.14. The van der Waals surface area contributed by atoms with E-state index in [0.717, 1.165) is 12.8 Å². The average molecular weight is 166 g/mol. The van der Waals surface area contributed by atoms with E-state index in [0.29, 0.717) is 11.8 Å². The van der Waals surface area contributed by atoms with Gasteiger partial charge in [-0.15, -0.1) is 6.58 Å². The molecule has 1 N–H and O–H groups in total. The molecule has 0 aromatic heterocycles. The molecule has 0 fully saturated rings. The van der Waals surface area contributed by atoms with Gasteiger partial charge in [0.1, 0.15) is 0 Å². The van der Waals surface area contributed by atoms with Gasteiger partial charge in [0.05, 0.1) is 6.10 Å². The van der Waals surface area contributed by atoms with E-state index < -0.39 is 0 Å². The first kappa shape index (κ1) is 9.53. The monoisotopic (exact) mass is 166 g/mol. The Bertz CT molecular complexity index is 193. The maximum absolute atomic E-state index is 9.59. The van der Waals surface area contributed by atoms with E-state index >= 15 is 0 Å². The predicted octanol–water partition coefficient (Wildman–Crippen LogP) is 2.53. The summed E-state index contributed by atoms with van der Waals surface area (Å²) in [6.07, 6.45) is 5.80. The van der Waals surface area contributed by atoms with Crippen LogP contribution < -0.4 is 0 Å². The van der Waals surface area contributed by atoms with Gasteiger partial charge in [-0.1, -0.05) is 24.6 Å². The first-order valence-corrected chi connectivity index (χ1v) is 4.63. The third kappa shape index (κ3) is 1.98. The zero-order valence-electron chi connectivity index (χ0n) is 7.96. The van der Waals surface area contributed by atoms with Crippen LogP contribution in [0, 0.1) is 11.8 Å². The molecule has 1 nitrogen and oxygen atoms in total. The van der Waals surface area contributed by atoms with Crippen LogP contribution in [0.2, 0.25) is 0 Å². The van der Waals surface area contributed by atoms with Crippen LogP contribution in [0.5, 0.6) is 0 Å². The number of hydrogen-bond acceptors (Lipinski definition) is 1. The fourth-order valence-electron chi connectivity index (χ4n) is 1.97. The number of rotatable bonds is 2. The Hall–Kier alpha value is -0.560. The second kappa shape index (κ2) is 3.90. The van der Waals surface area contributed by atoms with Gasteiger partial charge in [-0.3, -0.25) is 0 Å². The summed E-state index contributed by atoms with van der Waals surface area (Å²) in [5.41, 5.74) is 1.45. The van der Waals surface area contributed by atoms with Crippen molar-refractivity contribution >= 4 is 0 Å². The van der Waals surface area contributed by atoms with Crippen LogP contribution in [0.3, 0.4) is 0 Å². The number of aliphatic hydroxyl groups is 1. The first-order valence-electron chi connectivity index (χ1n) is 4.63. The summed E-state index contributed by atoms with van der Waals surface area (Å²) in [4.78, 5) is 0. The Morgan fingerprint density at radius 3 is 2.92 bits per heavy atom. The van der Waals surface area contributed by atoms with E-state index in [9.17, 15) is 5.11 Å². The standard InChI is InChI=1S/C11H18O/c1-4-11(12)10-6-5-8(2)7-9(10)3/h4,7,9-12H,1,5-6H2,2-3H3. The maximum atomic E-state index is 9.59. The molecule has 1 aliphatic rings. The summed E-state index contributed by atoms with van der Waals surface area (Å²) >= 11 is 0. The Labute approximate surface area is 74.8 Å². The van der Waals surface area contributed by atoms with Gasteiger partial charge in [-0.25, -0.2) is 0 Å². The van der Waals surface area contributed by atoms with Crippen LogP contribution in [0.4, 0.5) is 0 Å². The SMILES string of the molecule is C=CC(O)C1CCC(C)=CC1C. The fraction of sp³-hybridized carbons (Fsp3) is 0.636. The molecule has 12 heavy (non-hydrogen) atoms. The molecule has 0 amide bonds. The molecule has 68 valence electrons. The molecule has 3 atom stereocenters. The molecule has 1 rings (SSSR count). The van der Waals surface area contributed by atoms with Crippen molar-refractivity contribution in [1.82, 2.24) is 0 Å². The molecule has 0 aromatic rings. The van der Waals surface area contributed by atoms with E-state index in [-0.39, 0.29) is 6.10 Å². The smallest absolute Gasteiger partial charge is 0.0752 e. The van der Waals surface area contributed by atoms with E-state index in [2.05, 4.69) is 26.5 Å². The Balaban J connectivity index is 2.64. The van der Waals surface area contributed by atoms with E-state index in [4.69, 9.17) is 0 Å². The van der Waals surface area contributed by atoms with Crippen molar-refractivity contribution in [2.75, 3.05) is 0 Å². The Kier molecular flexibility index (Phi) is 3.10. The highest BCUT2D eigenvalue weighted by Gasteiger charge is 2.24. The molecule has 0 aliphatic heterocycles. The molecule has 1 heteroatoms. The van der Waals surface area contributed by atoms with Crippen LogP contribution in [0.1, 0.15) is 26.7 Å². The van der Waals surface area contributed by atoms with Crippen molar-refractivity contribution in [2.24, 2.45) is 11.8 Å². The van der Waals surface area contributed by atoms with Crippen molar-refractivity contribution in [3.63, 3.8) is 0 Å². The summed E-state index contributed by atoms with van der Waals surface area (Å²) in [5, 5.41) is 9.59. The zero-order valence-corrected chi connectivity index (χ0v) is 7.96. The maximum Gasteiger partial charge on any atom is 0.0752 e. The highest BCUT2D eigenvalue weighted by Crippen LogP contribution is 2.30. The topological polar surface area (TPSA) is 20.2 Å². The van der Waals surface area contributed by atoms with E-state index in [1.54, 1.807) is 6.08 Å². The summed E-state index contributed by atoms with van der Waals surface area (Å²) in [7, 11) is 0. The molecule has 0 radical (unpaired) electrons. The number of allylic oxidation sites excluding steroid dienone is 2. The molecule has 0 heterocycles. The number of aliphatic hydroxyl groups excluding tert-OH is 1. The first-order chi connectivity index (χ1) is 5.65. The molecule has 0 saturated heterocycles. The summed E-state index contributed by atoms with van der Waals surface area (Å²) in [6.45, 7) is 7.95. The van der Waals surface area contributed by atoms with Crippen LogP contribution in [0.25, 0.3) is 0 Å². The fourth-order valence-corrected chi connectivity index (χ4v) is 1.97. The van der Waals surface area contributed by atoms with Gasteiger partial charge in [0.25, 0.3) is 0 Å². The lowest BCUT2D eigenvalue weighted by Gasteiger charge is -2.29. The van der Waals surface area contributed by atoms with Gasteiger partial charge in [-0.2, -0.15) is 0 Å². The van der Waals surface area contributed by atoms with Crippen molar-refractivity contribution in [3.8, 4) is 0 Å². The lowest BCUT2D eigenvalue weighted by atomic mass is 9.79. The summed E-state index contributed by atoms with van der Waals surface area (Å²) in [5.74, 6) is 0.873. The normalized spacial score (nSPS) is 32.4. The second-order valence-corrected chi connectivity index (χ2v) is 3.80. The molecule has 0 spiro atoms. The van der Waals surface area contributed by atoms with Crippen LogP contribution >= 0.6 is 0 Å². The third-order valence-corrected chi connectivity index (χ3v) is 2.77. The minimum atomic E-state index is -0.329. The van der Waals surface area contributed by atoms with Crippen LogP contribution in [-0.2, 0) is 0 Å². The van der Waals surface area contributed by atoms with E-state index in [1.807, 2.05) is 0 Å². The van der Waals surface area contributed by atoms with Crippen LogP contribution in [0.15, 0.2) is 24.3 Å². The van der Waals surface area contributed by atoms with E-state index in [1.165, 1.54) is 5.57 Å². The Morgan fingerprint density at radius 2 is 2.42 bits per heavy atom. The van der Waals surface area contributed by atoms with Gasteiger partial charge in [0, 0.05) is 0 Å². The van der Waals surface area contributed by atoms with Gasteiger partial charge < -0.3 is 5.11 Å². The van der Waals surface area contributed by atoms with Crippen molar-refractivity contribution in [2.45, 2.75) is 32.8 Å². The molecule has 0 saturated carbocycles. The predicted molar refractivity (Wildman–Crippen MR) is 51.8 cm³/mol. The van der Waals surface area contributed by atoms with Gasteiger partial charge in [0.15, 0.2) is 0 Å². The highest BCUT2D eigenvalue weighted by molar-refractivity contribution is 5.08.